The number of methoxy groups -OCH3 is 1. The van der Waals surface area contributed by atoms with Crippen LogP contribution in [0.2, 0.25) is 0 Å². The average molecular weight is 224 g/mol. The quantitative estimate of drug-likeness (QED) is 0.737. The fourth-order valence-corrected chi connectivity index (χ4v) is 1.92. The molecule has 1 atom stereocenters. The Balaban J connectivity index is 2.31. The lowest BCUT2D eigenvalue weighted by Crippen LogP contribution is -2.30. The standard InChI is InChI=1S/C10H16N4O2/c1-10(15)3-4-14(5-10)9-7(16-2)8(11)12-6-13-9/h6,15H,3-5H2,1-2H3,(H2,11,12,13). The molecule has 6 nitrogen and oxygen atoms in total. The largest absolute Gasteiger partial charge is 0.490 e. The molecule has 1 fully saturated rings. The Morgan fingerprint density at radius 2 is 2.31 bits per heavy atom. The van der Waals surface area contributed by atoms with Crippen LogP contribution in [0.3, 0.4) is 0 Å². The van der Waals surface area contributed by atoms with E-state index in [1.165, 1.54) is 13.4 Å². The summed E-state index contributed by atoms with van der Waals surface area (Å²) in [4.78, 5) is 9.98. The first kappa shape index (κ1) is 10.9. The molecule has 0 aromatic carbocycles. The molecule has 6 heteroatoms. The zero-order chi connectivity index (χ0) is 11.8. The van der Waals surface area contributed by atoms with Crippen LogP contribution in [0.4, 0.5) is 11.6 Å². The van der Waals surface area contributed by atoms with Gasteiger partial charge in [0, 0.05) is 13.1 Å². The van der Waals surface area contributed by atoms with E-state index in [2.05, 4.69) is 9.97 Å². The number of aromatic nitrogens is 2. The molecule has 0 bridgehead atoms. The molecule has 2 rings (SSSR count). The molecule has 0 amide bonds. The van der Waals surface area contributed by atoms with Gasteiger partial charge in [-0.2, -0.15) is 0 Å². The molecule has 1 aromatic rings. The van der Waals surface area contributed by atoms with Crippen LogP contribution in [0.5, 0.6) is 5.75 Å². The van der Waals surface area contributed by atoms with Gasteiger partial charge in [0.1, 0.15) is 6.33 Å². The van der Waals surface area contributed by atoms with Gasteiger partial charge >= 0.3 is 0 Å². The maximum absolute atomic E-state index is 9.90. The van der Waals surface area contributed by atoms with Gasteiger partial charge in [-0.05, 0) is 13.3 Å². The molecule has 0 spiro atoms. The summed E-state index contributed by atoms with van der Waals surface area (Å²) >= 11 is 0. The summed E-state index contributed by atoms with van der Waals surface area (Å²) in [6, 6.07) is 0. The Morgan fingerprint density at radius 1 is 1.56 bits per heavy atom. The van der Waals surface area contributed by atoms with Crippen molar-refractivity contribution < 1.29 is 9.84 Å². The lowest BCUT2D eigenvalue weighted by Gasteiger charge is -2.21. The van der Waals surface area contributed by atoms with Crippen LogP contribution in [-0.2, 0) is 0 Å². The monoisotopic (exact) mass is 224 g/mol. The van der Waals surface area contributed by atoms with Crippen molar-refractivity contribution in [1.29, 1.82) is 0 Å². The highest BCUT2D eigenvalue weighted by Crippen LogP contribution is 2.34. The molecule has 2 heterocycles. The Bertz CT molecular complexity index is 394. The van der Waals surface area contributed by atoms with Gasteiger partial charge in [0.05, 0.1) is 12.7 Å². The predicted molar refractivity (Wildman–Crippen MR) is 60.5 cm³/mol. The third-order valence-electron chi connectivity index (χ3n) is 2.77. The van der Waals surface area contributed by atoms with Crippen LogP contribution < -0.4 is 15.4 Å². The van der Waals surface area contributed by atoms with Gasteiger partial charge in [0.2, 0.25) is 5.75 Å². The van der Waals surface area contributed by atoms with Crippen molar-refractivity contribution >= 4 is 11.6 Å². The van der Waals surface area contributed by atoms with Gasteiger partial charge in [-0.15, -0.1) is 0 Å². The Labute approximate surface area is 94.1 Å². The lowest BCUT2D eigenvalue weighted by molar-refractivity contribution is 0.0838. The highest BCUT2D eigenvalue weighted by Gasteiger charge is 2.33. The van der Waals surface area contributed by atoms with Crippen LogP contribution in [-0.4, -0.2) is 40.9 Å². The first-order chi connectivity index (χ1) is 7.53. The molecule has 3 N–H and O–H groups in total. The minimum atomic E-state index is -0.676. The predicted octanol–water partition coefficient (Wildman–Crippen LogP) is 0.0285. The zero-order valence-electron chi connectivity index (χ0n) is 9.47. The van der Waals surface area contributed by atoms with Crippen LogP contribution >= 0.6 is 0 Å². The molecule has 1 aliphatic rings. The van der Waals surface area contributed by atoms with E-state index < -0.39 is 5.60 Å². The van der Waals surface area contributed by atoms with Crippen molar-refractivity contribution in [2.75, 3.05) is 30.8 Å². The normalized spacial score (nSPS) is 24.8. The van der Waals surface area contributed by atoms with E-state index in [0.717, 1.165) is 6.54 Å². The molecule has 0 saturated carbocycles. The van der Waals surface area contributed by atoms with Crippen molar-refractivity contribution in [3.8, 4) is 5.75 Å². The average Bonchev–Trinajstić information content (AvgIpc) is 2.58. The molecule has 1 aliphatic heterocycles. The van der Waals surface area contributed by atoms with E-state index in [4.69, 9.17) is 10.5 Å². The van der Waals surface area contributed by atoms with E-state index in [9.17, 15) is 5.11 Å². The summed E-state index contributed by atoms with van der Waals surface area (Å²) in [7, 11) is 1.53. The zero-order valence-corrected chi connectivity index (χ0v) is 9.47. The van der Waals surface area contributed by atoms with E-state index in [-0.39, 0.29) is 0 Å². The SMILES string of the molecule is COc1c(N)ncnc1N1CCC(C)(O)C1. The van der Waals surface area contributed by atoms with Crippen LogP contribution in [0.15, 0.2) is 6.33 Å². The summed E-state index contributed by atoms with van der Waals surface area (Å²) in [5, 5.41) is 9.90. The van der Waals surface area contributed by atoms with Crippen LogP contribution in [0.1, 0.15) is 13.3 Å². The molecule has 88 valence electrons. The Morgan fingerprint density at radius 3 is 2.88 bits per heavy atom. The number of nitrogens with zero attached hydrogens (tertiary/aromatic N) is 3. The fraction of sp³-hybridized carbons (Fsp3) is 0.600. The van der Waals surface area contributed by atoms with Gasteiger partial charge in [-0.1, -0.05) is 0 Å². The Hall–Kier alpha value is -1.56. The third-order valence-corrected chi connectivity index (χ3v) is 2.77. The van der Waals surface area contributed by atoms with E-state index in [0.29, 0.717) is 30.4 Å². The highest BCUT2D eigenvalue weighted by atomic mass is 16.5. The summed E-state index contributed by atoms with van der Waals surface area (Å²) in [6.45, 7) is 3.07. The van der Waals surface area contributed by atoms with E-state index in [1.54, 1.807) is 0 Å². The number of ether oxygens (including phenoxy) is 1. The van der Waals surface area contributed by atoms with Crippen molar-refractivity contribution in [2.24, 2.45) is 0 Å². The maximum Gasteiger partial charge on any atom is 0.204 e. The Kier molecular flexibility index (Phi) is 2.59. The first-order valence-corrected chi connectivity index (χ1v) is 5.15. The number of nitrogen functional groups attached to an aromatic ring is 1. The molecule has 16 heavy (non-hydrogen) atoms. The summed E-state index contributed by atoms with van der Waals surface area (Å²) in [5.41, 5.74) is 5.03. The number of aliphatic hydroxyl groups is 1. The number of rotatable bonds is 2. The van der Waals surface area contributed by atoms with Gasteiger partial charge in [0.15, 0.2) is 11.6 Å². The van der Waals surface area contributed by atoms with Gasteiger partial charge in [-0.25, -0.2) is 9.97 Å². The molecule has 0 aliphatic carbocycles. The molecule has 1 aromatic heterocycles. The molecular formula is C10H16N4O2. The van der Waals surface area contributed by atoms with Crippen molar-refractivity contribution in [3.05, 3.63) is 6.33 Å². The lowest BCUT2D eigenvalue weighted by atomic mass is 10.1. The highest BCUT2D eigenvalue weighted by molar-refractivity contribution is 5.63. The van der Waals surface area contributed by atoms with Crippen molar-refractivity contribution in [1.82, 2.24) is 9.97 Å². The van der Waals surface area contributed by atoms with E-state index >= 15 is 0 Å². The third kappa shape index (κ3) is 1.88. The maximum atomic E-state index is 9.90. The fourth-order valence-electron chi connectivity index (χ4n) is 1.92. The van der Waals surface area contributed by atoms with Gasteiger partial charge in [0.25, 0.3) is 0 Å². The molecule has 1 saturated heterocycles. The molecular weight excluding hydrogens is 208 g/mol. The first-order valence-electron chi connectivity index (χ1n) is 5.15. The topological polar surface area (TPSA) is 84.5 Å². The van der Waals surface area contributed by atoms with Crippen LogP contribution in [0, 0.1) is 0 Å². The second-order valence-electron chi connectivity index (χ2n) is 4.28. The number of β-amino-alcohol motifs (C(OH)–C–C–N with tert-alkyl or cyclic N) is 1. The summed E-state index contributed by atoms with van der Waals surface area (Å²) in [6.07, 6.45) is 2.11. The second-order valence-corrected chi connectivity index (χ2v) is 4.28. The van der Waals surface area contributed by atoms with E-state index in [1.807, 2.05) is 11.8 Å². The van der Waals surface area contributed by atoms with Gasteiger partial charge in [-0.3, -0.25) is 0 Å². The second kappa shape index (κ2) is 3.79. The number of hydrogen-bond donors (Lipinski definition) is 2. The molecule has 0 radical (unpaired) electrons. The summed E-state index contributed by atoms with van der Waals surface area (Å²) < 4.78 is 5.18. The van der Waals surface area contributed by atoms with Crippen molar-refractivity contribution in [2.45, 2.75) is 18.9 Å². The minimum absolute atomic E-state index is 0.319. The number of anilines is 2. The van der Waals surface area contributed by atoms with Gasteiger partial charge < -0.3 is 20.5 Å². The minimum Gasteiger partial charge on any atom is -0.490 e. The van der Waals surface area contributed by atoms with Crippen LogP contribution in [0.25, 0.3) is 0 Å². The number of nitrogens with two attached hydrogens (primary N) is 1. The summed E-state index contributed by atoms with van der Waals surface area (Å²) in [5.74, 6) is 1.44. The smallest absolute Gasteiger partial charge is 0.204 e. The molecule has 1 unspecified atom stereocenters. The van der Waals surface area contributed by atoms with Crippen molar-refractivity contribution in [3.63, 3.8) is 0 Å². The number of hydrogen-bond acceptors (Lipinski definition) is 6.